The van der Waals surface area contributed by atoms with E-state index in [9.17, 15) is 14.4 Å². The number of anilines is 1. The number of piperidine rings is 1. The van der Waals surface area contributed by atoms with Crippen LogP contribution in [0, 0.1) is 0 Å². The summed E-state index contributed by atoms with van der Waals surface area (Å²) in [7, 11) is 3.40. The van der Waals surface area contributed by atoms with Crippen molar-refractivity contribution in [2.75, 3.05) is 45.3 Å². The van der Waals surface area contributed by atoms with Crippen LogP contribution >= 0.6 is 0 Å². The molecule has 0 saturated carbocycles. The first-order valence-electron chi connectivity index (χ1n) is 12.0. The van der Waals surface area contributed by atoms with Crippen molar-refractivity contribution in [2.24, 2.45) is 0 Å². The Morgan fingerprint density at radius 2 is 1.54 bits per heavy atom. The number of fused-ring (bicyclic) bond motifs is 1. The van der Waals surface area contributed by atoms with Gasteiger partial charge in [0.25, 0.3) is 11.8 Å². The topological polar surface area (TPSA) is 64.2 Å². The highest BCUT2D eigenvalue weighted by atomic mass is 16.2. The minimum Gasteiger partial charge on any atom is -0.347 e. The van der Waals surface area contributed by atoms with Gasteiger partial charge in [-0.15, -0.1) is 0 Å². The van der Waals surface area contributed by atoms with Gasteiger partial charge in [-0.3, -0.25) is 14.4 Å². The van der Waals surface area contributed by atoms with Crippen LogP contribution in [0.1, 0.15) is 23.2 Å². The van der Waals surface area contributed by atoms with E-state index in [2.05, 4.69) is 4.90 Å². The predicted molar refractivity (Wildman–Crippen MR) is 136 cm³/mol. The fourth-order valence-electron chi connectivity index (χ4n) is 5.21. The molecule has 1 spiro atoms. The Bertz CT molecular complexity index is 1270. The average Bonchev–Trinajstić information content (AvgIpc) is 3.15. The molecule has 180 valence electrons. The number of amides is 3. The summed E-state index contributed by atoms with van der Waals surface area (Å²) in [5, 5.41) is 2.14. The summed E-state index contributed by atoms with van der Waals surface area (Å²) in [6, 6.07) is 23.7. The lowest BCUT2D eigenvalue weighted by Crippen LogP contribution is -2.57. The molecule has 0 unspecified atom stereocenters. The van der Waals surface area contributed by atoms with E-state index < -0.39 is 5.54 Å². The Balaban J connectivity index is 1.38. The van der Waals surface area contributed by atoms with Crippen LogP contribution in [0.2, 0.25) is 0 Å². The lowest BCUT2D eigenvalue weighted by Gasteiger charge is -2.43. The largest absolute Gasteiger partial charge is 0.347 e. The molecule has 2 heterocycles. The van der Waals surface area contributed by atoms with E-state index in [1.165, 1.54) is 4.90 Å². The SMILES string of the molecule is CN(C)C(=O)CN1CN(c2ccccc2)C2(CCN(C(=O)c3ccc4ccccc4c3)CC2)C1=O. The van der Waals surface area contributed by atoms with E-state index in [0.29, 0.717) is 38.2 Å². The molecule has 3 amide bonds. The number of carbonyl (C=O) groups is 3. The molecule has 7 nitrogen and oxygen atoms in total. The highest BCUT2D eigenvalue weighted by Crippen LogP contribution is 2.39. The van der Waals surface area contributed by atoms with E-state index in [1.807, 2.05) is 77.7 Å². The molecule has 2 aliphatic heterocycles. The van der Waals surface area contributed by atoms with Gasteiger partial charge in [-0.05, 0) is 47.9 Å². The molecule has 0 aromatic heterocycles. The molecular weight excluding hydrogens is 440 g/mol. The van der Waals surface area contributed by atoms with E-state index in [1.54, 1.807) is 19.0 Å². The smallest absolute Gasteiger partial charge is 0.253 e. The van der Waals surface area contributed by atoms with Crippen molar-refractivity contribution in [1.82, 2.24) is 14.7 Å². The summed E-state index contributed by atoms with van der Waals surface area (Å²) < 4.78 is 0. The molecule has 2 saturated heterocycles. The summed E-state index contributed by atoms with van der Waals surface area (Å²) in [6.07, 6.45) is 1.04. The number of hydrogen-bond donors (Lipinski definition) is 0. The molecule has 0 N–H and O–H groups in total. The van der Waals surface area contributed by atoms with Crippen LogP contribution in [-0.2, 0) is 9.59 Å². The minimum atomic E-state index is -0.756. The van der Waals surface area contributed by atoms with Gasteiger partial charge in [0.1, 0.15) is 12.1 Å². The lowest BCUT2D eigenvalue weighted by atomic mass is 9.85. The maximum Gasteiger partial charge on any atom is 0.253 e. The van der Waals surface area contributed by atoms with Crippen molar-refractivity contribution >= 4 is 34.2 Å². The van der Waals surface area contributed by atoms with Gasteiger partial charge in [-0.25, -0.2) is 0 Å². The first-order valence-corrected chi connectivity index (χ1v) is 12.0. The van der Waals surface area contributed by atoms with Crippen LogP contribution in [0.15, 0.2) is 72.8 Å². The molecule has 2 fully saturated rings. The standard InChI is InChI=1S/C28H30N4O3/c1-29(2)25(33)19-31-20-32(24-10-4-3-5-11-24)28(27(31)35)14-16-30(17-15-28)26(34)23-13-12-21-8-6-7-9-22(21)18-23/h3-13,18H,14-17,19-20H2,1-2H3. The molecular formula is C28H30N4O3. The zero-order valence-corrected chi connectivity index (χ0v) is 20.2. The summed E-state index contributed by atoms with van der Waals surface area (Å²) in [6.45, 7) is 1.38. The number of likely N-dealkylation sites (N-methyl/N-ethyl adjacent to an activating group) is 1. The van der Waals surface area contributed by atoms with Gasteiger partial charge in [0, 0.05) is 38.4 Å². The van der Waals surface area contributed by atoms with Crippen molar-refractivity contribution in [3.8, 4) is 0 Å². The van der Waals surface area contributed by atoms with Gasteiger partial charge in [0.15, 0.2) is 0 Å². The molecule has 2 aliphatic rings. The van der Waals surface area contributed by atoms with Gasteiger partial charge in [0.2, 0.25) is 5.91 Å². The summed E-state index contributed by atoms with van der Waals surface area (Å²) >= 11 is 0. The average molecular weight is 471 g/mol. The molecule has 0 aliphatic carbocycles. The zero-order valence-electron chi connectivity index (χ0n) is 20.2. The van der Waals surface area contributed by atoms with Gasteiger partial charge in [0.05, 0.1) is 6.67 Å². The molecule has 3 aromatic rings. The molecule has 0 radical (unpaired) electrons. The monoisotopic (exact) mass is 470 g/mol. The van der Waals surface area contributed by atoms with Crippen LogP contribution in [0.25, 0.3) is 10.8 Å². The highest BCUT2D eigenvalue weighted by molar-refractivity contribution is 6.00. The second kappa shape index (κ2) is 9.06. The van der Waals surface area contributed by atoms with E-state index in [4.69, 9.17) is 0 Å². The molecule has 0 bridgehead atoms. The summed E-state index contributed by atoms with van der Waals surface area (Å²) in [4.78, 5) is 46.6. The van der Waals surface area contributed by atoms with Crippen LogP contribution in [0.3, 0.4) is 0 Å². The van der Waals surface area contributed by atoms with Gasteiger partial charge in [-0.2, -0.15) is 0 Å². The van der Waals surface area contributed by atoms with E-state index in [0.717, 1.165) is 16.5 Å². The first-order chi connectivity index (χ1) is 16.9. The van der Waals surface area contributed by atoms with Gasteiger partial charge >= 0.3 is 0 Å². The van der Waals surface area contributed by atoms with Crippen molar-refractivity contribution in [3.63, 3.8) is 0 Å². The van der Waals surface area contributed by atoms with Crippen molar-refractivity contribution in [3.05, 3.63) is 78.4 Å². The molecule has 35 heavy (non-hydrogen) atoms. The molecule has 0 atom stereocenters. The minimum absolute atomic E-state index is 0.0121. The third kappa shape index (κ3) is 4.11. The predicted octanol–water partition coefficient (Wildman–Crippen LogP) is 3.21. The Labute approximate surface area is 205 Å². The Morgan fingerprint density at radius 1 is 0.886 bits per heavy atom. The maximum absolute atomic E-state index is 13.7. The van der Waals surface area contributed by atoms with Gasteiger partial charge < -0.3 is 19.6 Å². The number of nitrogens with zero attached hydrogens (tertiary/aromatic N) is 4. The quantitative estimate of drug-likeness (QED) is 0.588. The van der Waals surface area contributed by atoms with Crippen molar-refractivity contribution in [1.29, 1.82) is 0 Å². The molecule has 7 heteroatoms. The maximum atomic E-state index is 13.7. The number of para-hydroxylation sites is 1. The van der Waals surface area contributed by atoms with E-state index in [-0.39, 0.29) is 24.3 Å². The second-order valence-corrected chi connectivity index (χ2v) is 9.58. The lowest BCUT2D eigenvalue weighted by molar-refractivity contribution is -0.139. The van der Waals surface area contributed by atoms with Crippen LogP contribution in [0.5, 0.6) is 0 Å². The van der Waals surface area contributed by atoms with Crippen molar-refractivity contribution < 1.29 is 14.4 Å². The highest BCUT2D eigenvalue weighted by Gasteiger charge is 2.54. The van der Waals surface area contributed by atoms with Gasteiger partial charge in [-0.1, -0.05) is 48.5 Å². The second-order valence-electron chi connectivity index (χ2n) is 9.58. The van der Waals surface area contributed by atoms with Crippen LogP contribution < -0.4 is 4.90 Å². The number of hydrogen-bond acceptors (Lipinski definition) is 4. The van der Waals surface area contributed by atoms with Crippen molar-refractivity contribution in [2.45, 2.75) is 18.4 Å². The first kappa shape index (κ1) is 22.9. The normalized spacial score (nSPS) is 17.3. The third-order valence-corrected chi connectivity index (χ3v) is 7.28. The fraction of sp³-hybridized carbons (Fsp3) is 0.321. The third-order valence-electron chi connectivity index (χ3n) is 7.28. The summed E-state index contributed by atoms with van der Waals surface area (Å²) in [5.41, 5.74) is 0.860. The Kier molecular flexibility index (Phi) is 5.93. The number of carbonyl (C=O) groups excluding carboxylic acids is 3. The Morgan fingerprint density at radius 3 is 2.23 bits per heavy atom. The number of likely N-dealkylation sites (tertiary alicyclic amines) is 1. The molecule has 5 rings (SSSR count). The van der Waals surface area contributed by atoms with Crippen LogP contribution in [-0.4, -0.2) is 78.4 Å². The Hall–Kier alpha value is -3.87. The van der Waals surface area contributed by atoms with E-state index >= 15 is 0 Å². The number of benzene rings is 3. The fourth-order valence-corrected chi connectivity index (χ4v) is 5.21. The molecule has 3 aromatic carbocycles. The summed E-state index contributed by atoms with van der Waals surface area (Å²) in [5.74, 6) is -0.149. The zero-order chi connectivity index (χ0) is 24.6. The van der Waals surface area contributed by atoms with Crippen LogP contribution in [0.4, 0.5) is 5.69 Å². The number of rotatable bonds is 4.